The van der Waals surface area contributed by atoms with E-state index in [9.17, 15) is 0 Å². The Kier molecular flexibility index (Phi) is 3.55. The van der Waals surface area contributed by atoms with Crippen LogP contribution in [0, 0.1) is 3.57 Å². The lowest BCUT2D eigenvalue weighted by Gasteiger charge is -2.05. The summed E-state index contributed by atoms with van der Waals surface area (Å²) < 4.78 is 6.70. The third-order valence-electron chi connectivity index (χ3n) is 1.91. The predicted octanol–water partition coefficient (Wildman–Crippen LogP) is 2.24. The molecule has 2 N–H and O–H groups in total. The van der Waals surface area contributed by atoms with Crippen molar-refractivity contribution >= 4 is 28.4 Å². The van der Waals surface area contributed by atoms with Crippen LogP contribution in [0.5, 0.6) is 5.75 Å². The number of nitrogens with two attached hydrogens (primary N) is 1. The van der Waals surface area contributed by atoms with E-state index < -0.39 is 0 Å². The van der Waals surface area contributed by atoms with Crippen LogP contribution in [-0.4, -0.2) is 9.97 Å². The Bertz CT molecular complexity index is 473. The van der Waals surface area contributed by atoms with Crippen molar-refractivity contribution in [3.63, 3.8) is 0 Å². The molecule has 0 aliphatic rings. The molecule has 0 aliphatic carbocycles. The van der Waals surface area contributed by atoms with Gasteiger partial charge in [0.15, 0.2) is 0 Å². The van der Waals surface area contributed by atoms with Crippen LogP contribution >= 0.6 is 22.6 Å². The van der Waals surface area contributed by atoms with Crippen LogP contribution in [0.1, 0.15) is 5.69 Å². The number of hydrogen-bond donors (Lipinski definition) is 1. The van der Waals surface area contributed by atoms with Crippen molar-refractivity contribution in [1.82, 2.24) is 9.97 Å². The minimum absolute atomic E-state index is 0.396. The van der Waals surface area contributed by atoms with Gasteiger partial charge < -0.3 is 10.5 Å². The van der Waals surface area contributed by atoms with E-state index in [1.54, 1.807) is 6.20 Å². The van der Waals surface area contributed by atoms with Crippen molar-refractivity contribution in [2.45, 2.75) is 6.61 Å². The van der Waals surface area contributed by atoms with E-state index in [1.165, 1.54) is 6.20 Å². The lowest BCUT2D eigenvalue weighted by atomic mass is 10.3. The molecule has 82 valence electrons. The smallest absolute Gasteiger partial charge is 0.141 e. The second kappa shape index (κ2) is 5.11. The van der Waals surface area contributed by atoms with Gasteiger partial charge in [0.2, 0.25) is 0 Å². The molecule has 0 amide bonds. The van der Waals surface area contributed by atoms with E-state index >= 15 is 0 Å². The van der Waals surface area contributed by atoms with Crippen molar-refractivity contribution in [3.8, 4) is 5.75 Å². The average molecular weight is 327 g/mol. The SMILES string of the molecule is Nc1cnc(COc2cccc(I)c2)cn1. The summed E-state index contributed by atoms with van der Waals surface area (Å²) in [5, 5.41) is 0. The highest BCUT2D eigenvalue weighted by atomic mass is 127. The zero-order chi connectivity index (χ0) is 11.4. The molecular weight excluding hydrogens is 317 g/mol. The van der Waals surface area contributed by atoms with Gasteiger partial charge in [0.25, 0.3) is 0 Å². The fraction of sp³-hybridized carbons (Fsp3) is 0.0909. The molecule has 5 heteroatoms. The number of nitrogen functional groups attached to an aromatic ring is 1. The molecule has 1 heterocycles. The standard InChI is InChI=1S/C11H10IN3O/c12-8-2-1-3-10(4-8)16-7-9-5-15-11(13)6-14-9/h1-6H,7H2,(H2,13,15). The van der Waals surface area contributed by atoms with Crippen molar-refractivity contribution in [2.75, 3.05) is 5.73 Å². The fourth-order valence-corrected chi connectivity index (χ4v) is 1.67. The van der Waals surface area contributed by atoms with Crippen molar-refractivity contribution in [1.29, 1.82) is 0 Å². The summed E-state index contributed by atoms with van der Waals surface area (Å²) >= 11 is 2.24. The summed E-state index contributed by atoms with van der Waals surface area (Å²) in [6, 6.07) is 7.83. The number of hydrogen-bond acceptors (Lipinski definition) is 4. The highest BCUT2D eigenvalue weighted by Gasteiger charge is 1.98. The predicted molar refractivity (Wildman–Crippen MR) is 69.9 cm³/mol. The first-order valence-corrected chi connectivity index (χ1v) is 5.77. The molecule has 4 nitrogen and oxygen atoms in total. The largest absolute Gasteiger partial charge is 0.487 e. The molecule has 0 aliphatic heterocycles. The van der Waals surface area contributed by atoms with Gasteiger partial charge in [0.1, 0.15) is 18.2 Å². The minimum Gasteiger partial charge on any atom is -0.487 e. The molecule has 16 heavy (non-hydrogen) atoms. The van der Waals surface area contributed by atoms with Gasteiger partial charge in [0, 0.05) is 3.57 Å². The maximum atomic E-state index is 5.56. The lowest BCUT2D eigenvalue weighted by Crippen LogP contribution is -2.00. The molecule has 0 saturated carbocycles. The van der Waals surface area contributed by atoms with Gasteiger partial charge >= 0.3 is 0 Å². The van der Waals surface area contributed by atoms with Gasteiger partial charge in [-0.2, -0.15) is 0 Å². The lowest BCUT2D eigenvalue weighted by molar-refractivity contribution is 0.300. The summed E-state index contributed by atoms with van der Waals surface area (Å²) in [5.41, 5.74) is 6.20. The Hall–Kier alpha value is -1.37. The van der Waals surface area contributed by atoms with E-state index in [1.807, 2.05) is 24.3 Å². The normalized spacial score (nSPS) is 10.1. The average Bonchev–Trinajstić information content (AvgIpc) is 2.28. The molecule has 0 bridgehead atoms. The molecular formula is C11H10IN3O. The Morgan fingerprint density at radius 3 is 2.81 bits per heavy atom. The van der Waals surface area contributed by atoms with Crippen LogP contribution < -0.4 is 10.5 Å². The summed E-state index contributed by atoms with van der Waals surface area (Å²) in [6.07, 6.45) is 3.14. The highest BCUT2D eigenvalue weighted by molar-refractivity contribution is 14.1. The monoisotopic (exact) mass is 327 g/mol. The molecule has 0 saturated heterocycles. The van der Waals surface area contributed by atoms with Crippen LogP contribution in [0.4, 0.5) is 5.82 Å². The Labute approximate surface area is 107 Å². The van der Waals surface area contributed by atoms with E-state index in [2.05, 4.69) is 32.6 Å². The molecule has 1 aromatic carbocycles. The third kappa shape index (κ3) is 3.06. The highest BCUT2D eigenvalue weighted by Crippen LogP contribution is 2.15. The van der Waals surface area contributed by atoms with Gasteiger partial charge in [-0.15, -0.1) is 0 Å². The van der Waals surface area contributed by atoms with Crippen LogP contribution in [0.25, 0.3) is 0 Å². The van der Waals surface area contributed by atoms with Gasteiger partial charge in [-0.25, -0.2) is 4.98 Å². The number of benzene rings is 1. The molecule has 2 aromatic rings. The number of halogens is 1. The molecule has 0 spiro atoms. The number of nitrogens with zero attached hydrogens (tertiary/aromatic N) is 2. The van der Waals surface area contributed by atoms with Crippen molar-refractivity contribution in [2.24, 2.45) is 0 Å². The molecule has 0 unspecified atom stereocenters. The summed E-state index contributed by atoms with van der Waals surface area (Å²) in [6.45, 7) is 0.396. The molecule has 0 fully saturated rings. The van der Waals surface area contributed by atoms with Gasteiger partial charge in [-0.05, 0) is 40.8 Å². The fourth-order valence-electron chi connectivity index (χ4n) is 1.15. The maximum Gasteiger partial charge on any atom is 0.141 e. The summed E-state index contributed by atoms with van der Waals surface area (Å²) in [4.78, 5) is 8.04. The minimum atomic E-state index is 0.396. The van der Waals surface area contributed by atoms with Crippen LogP contribution in [0.2, 0.25) is 0 Å². The molecule has 2 rings (SSSR count). The quantitative estimate of drug-likeness (QED) is 0.879. The first kappa shape index (κ1) is 11.1. The maximum absolute atomic E-state index is 5.56. The summed E-state index contributed by atoms with van der Waals surface area (Å²) in [7, 11) is 0. The molecule has 0 radical (unpaired) electrons. The van der Waals surface area contributed by atoms with Gasteiger partial charge in [0.05, 0.1) is 18.1 Å². The molecule has 0 atom stereocenters. The number of aromatic nitrogens is 2. The zero-order valence-corrected chi connectivity index (χ0v) is 10.6. The van der Waals surface area contributed by atoms with Crippen LogP contribution in [0.3, 0.4) is 0 Å². The second-order valence-corrected chi connectivity index (χ2v) is 4.42. The van der Waals surface area contributed by atoms with Crippen molar-refractivity contribution < 1.29 is 4.74 Å². The number of anilines is 1. The first-order chi connectivity index (χ1) is 7.74. The first-order valence-electron chi connectivity index (χ1n) is 4.69. The van der Waals surface area contributed by atoms with Crippen LogP contribution in [0.15, 0.2) is 36.7 Å². The van der Waals surface area contributed by atoms with Crippen LogP contribution in [-0.2, 0) is 6.61 Å². The van der Waals surface area contributed by atoms with Crippen molar-refractivity contribution in [3.05, 3.63) is 45.9 Å². The molecule has 1 aromatic heterocycles. The van der Waals surface area contributed by atoms with E-state index in [0.717, 1.165) is 15.0 Å². The van der Waals surface area contributed by atoms with Gasteiger partial charge in [-0.3, -0.25) is 4.98 Å². The third-order valence-corrected chi connectivity index (χ3v) is 2.58. The number of ether oxygens (including phenoxy) is 1. The topological polar surface area (TPSA) is 61.0 Å². The number of rotatable bonds is 3. The Morgan fingerprint density at radius 1 is 1.25 bits per heavy atom. The second-order valence-electron chi connectivity index (χ2n) is 3.18. The van der Waals surface area contributed by atoms with E-state index in [0.29, 0.717) is 12.4 Å². The zero-order valence-electron chi connectivity index (χ0n) is 8.43. The summed E-state index contributed by atoms with van der Waals surface area (Å²) in [5.74, 6) is 1.24. The Balaban J connectivity index is 1.99. The van der Waals surface area contributed by atoms with E-state index in [-0.39, 0.29) is 0 Å². The van der Waals surface area contributed by atoms with Gasteiger partial charge in [-0.1, -0.05) is 6.07 Å². The van der Waals surface area contributed by atoms with E-state index in [4.69, 9.17) is 10.5 Å². The Morgan fingerprint density at radius 2 is 2.12 bits per heavy atom.